The van der Waals surface area contributed by atoms with Gasteiger partial charge in [0, 0.05) is 39.0 Å². The number of hydrogen-bond acceptors (Lipinski definition) is 3. The number of methoxy groups -OCH3 is 1. The Morgan fingerprint density at radius 3 is 2.34 bits per heavy atom. The Morgan fingerprint density at radius 2 is 1.72 bits per heavy atom. The van der Waals surface area contributed by atoms with E-state index in [9.17, 15) is 0 Å². The number of rotatable bonds is 7. The topological polar surface area (TPSA) is 46.1 Å². The summed E-state index contributed by atoms with van der Waals surface area (Å²) in [5.41, 5.74) is 1.27. The Balaban J connectivity index is 0.00000300. The number of halogens is 1. The fraction of sp³-hybridized carbons (Fsp3) is 0.435. The third-order valence-electron chi connectivity index (χ3n) is 4.94. The number of hydrogen-bond donors (Lipinski definition) is 1. The number of guanidine groups is 1. The van der Waals surface area contributed by atoms with Gasteiger partial charge in [0.1, 0.15) is 17.6 Å². The molecule has 3 rings (SSSR count). The minimum Gasteiger partial charge on any atom is -0.497 e. The summed E-state index contributed by atoms with van der Waals surface area (Å²) in [6.07, 6.45) is 3.23. The molecule has 0 amide bonds. The smallest absolute Gasteiger partial charge is 0.193 e. The summed E-state index contributed by atoms with van der Waals surface area (Å²) >= 11 is 0. The Morgan fingerprint density at radius 1 is 1.03 bits per heavy atom. The molecule has 0 spiro atoms. The van der Waals surface area contributed by atoms with Crippen molar-refractivity contribution in [2.45, 2.75) is 32.3 Å². The second kappa shape index (κ2) is 12.6. The maximum Gasteiger partial charge on any atom is 0.193 e. The third-order valence-corrected chi connectivity index (χ3v) is 4.94. The van der Waals surface area contributed by atoms with Crippen molar-refractivity contribution in [2.24, 2.45) is 4.99 Å². The van der Waals surface area contributed by atoms with Crippen molar-refractivity contribution < 1.29 is 9.47 Å². The van der Waals surface area contributed by atoms with Crippen LogP contribution in [0.3, 0.4) is 0 Å². The summed E-state index contributed by atoms with van der Waals surface area (Å²) in [6.45, 7) is 5.69. The molecule has 1 saturated heterocycles. The van der Waals surface area contributed by atoms with E-state index in [2.05, 4.69) is 29.3 Å². The van der Waals surface area contributed by atoms with Gasteiger partial charge >= 0.3 is 0 Å². The van der Waals surface area contributed by atoms with Gasteiger partial charge in [0.05, 0.1) is 7.11 Å². The second-order valence-corrected chi connectivity index (χ2v) is 6.95. The predicted octanol–water partition coefficient (Wildman–Crippen LogP) is 4.36. The molecular weight excluding hydrogens is 477 g/mol. The summed E-state index contributed by atoms with van der Waals surface area (Å²) in [5, 5.41) is 3.44. The van der Waals surface area contributed by atoms with Gasteiger partial charge in [-0.25, -0.2) is 0 Å². The van der Waals surface area contributed by atoms with Crippen LogP contribution in [0.1, 0.15) is 25.3 Å². The molecule has 0 unspecified atom stereocenters. The van der Waals surface area contributed by atoms with E-state index in [1.165, 1.54) is 5.56 Å². The molecular formula is C23H32IN3O2. The van der Waals surface area contributed by atoms with Gasteiger partial charge in [-0.15, -0.1) is 24.0 Å². The number of nitrogens with one attached hydrogen (secondary N) is 1. The third kappa shape index (κ3) is 7.42. The molecule has 1 aliphatic rings. The van der Waals surface area contributed by atoms with E-state index < -0.39 is 0 Å². The van der Waals surface area contributed by atoms with Crippen LogP contribution in [-0.4, -0.2) is 50.3 Å². The molecule has 1 heterocycles. The van der Waals surface area contributed by atoms with Crippen LogP contribution >= 0.6 is 24.0 Å². The largest absolute Gasteiger partial charge is 0.497 e. The maximum absolute atomic E-state index is 6.10. The fourth-order valence-electron chi connectivity index (χ4n) is 3.39. The lowest BCUT2D eigenvalue weighted by Crippen LogP contribution is -2.47. The van der Waals surface area contributed by atoms with Gasteiger partial charge in [-0.2, -0.15) is 0 Å². The molecule has 0 aromatic heterocycles. The maximum atomic E-state index is 6.10. The Kier molecular flexibility index (Phi) is 10.1. The number of aliphatic imine (C=N–C) groups is 1. The number of benzene rings is 2. The average Bonchev–Trinajstić information content (AvgIpc) is 2.75. The molecule has 0 radical (unpaired) electrons. The Bertz CT molecular complexity index is 730. The highest BCUT2D eigenvalue weighted by Crippen LogP contribution is 2.19. The van der Waals surface area contributed by atoms with Crippen LogP contribution in [0, 0.1) is 0 Å². The van der Waals surface area contributed by atoms with Crippen LogP contribution in [0.5, 0.6) is 11.5 Å². The fourth-order valence-corrected chi connectivity index (χ4v) is 3.39. The van der Waals surface area contributed by atoms with Crippen molar-refractivity contribution in [3.63, 3.8) is 0 Å². The number of piperidine rings is 1. The Labute approximate surface area is 191 Å². The molecule has 0 bridgehead atoms. The quantitative estimate of drug-likeness (QED) is 0.342. The predicted molar refractivity (Wildman–Crippen MR) is 130 cm³/mol. The van der Waals surface area contributed by atoms with Gasteiger partial charge in [-0.1, -0.05) is 30.3 Å². The van der Waals surface area contributed by atoms with Crippen LogP contribution < -0.4 is 14.8 Å². The molecule has 2 aromatic carbocycles. The van der Waals surface area contributed by atoms with E-state index in [0.717, 1.165) is 62.9 Å². The molecule has 0 aliphatic carbocycles. The first-order chi connectivity index (χ1) is 13.8. The van der Waals surface area contributed by atoms with Gasteiger partial charge in [-0.3, -0.25) is 4.99 Å². The zero-order valence-corrected chi connectivity index (χ0v) is 19.7. The first-order valence-electron chi connectivity index (χ1n) is 10.2. The summed E-state index contributed by atoms with van der Waals surface area (Å²) in [5.74, 6) is 2.86. The van der Waals surface area contributed by atoms with E-state index in [0.29, 0.717) is 0 Å². The second-order valence-electron chi connectivity index (χ2n) is 6.95. The van der Waals surface area contributed by atoms with E-state index in [4.69, 9.17) is 14.5 Å². The number of nitrogens with zero attached hydrogens (tertiary/aromatic N) is 2. The van der Waals surface area contributed by atoms with Crippen molar-refractivity contribution in [3.8, 4) is 11.5 Å². The van der Waals surface area contributed by atoms with Crippen molar-refractivity contribution in [2.75, 3.05) is 33.3 Å². The van der Waals surface area contributed by atoms with Crippen LogP contribution in [0.15, 0.2) is 59.6 Å². The zero-order chi connectivity index (χ0) is 19.6. The monoisotopic (exact) mass is 509 g/mol. The van der Waals surface area contributed by atoms with Crippen molar-refractivity contribution in [3.05, 3.63) is 60.2 Å². The molecule has 1 aliphatic heterocycles. The first kappa shape index (κ1) is 23.3. The van der Waals surface area contributed by atoms with E-state index in [1.807, 2.05) is 42.5 Å². The van der Waals surface area contributed by atoms with Crippen LogP contribution in [0.2, 0.25) is 0 Å². The molecule has 29 heavy (non-hydrogen) atoms. The van der Waals surface area contributed by atoms with Crippen LogP contribution in [-0.2, 0) is 6.42 Å². The molecule has 2 aromatic rings. The van der Waals surface area contributed by atoms with Gasteiger partial charge < -0.3 is 19.7 Å². The van der Waals surface area contributed by atoms with Crippen molar-refractivity contribution >= 4 is 29.9 Å². The summed E-state index contributed by atoms with van der Waals surface area (Å²) in [4.78, 5) is 7.19. The number of para-hydroxylation sites is 1. The lowest BCUT2D eigenvalue weighted by molar-refractivity contribution is 0.129. The molecule has 158 valence electrons. The lowest BCUT2D eigenvalue weighted by atomic mass is 10.1. The molecule has 0 saturated carbocycles. The molecule has 1 N–H and O–H groups in total. The van der Waals surface area contributed by atoms with Crippen molar-refractivity contribution in [1.29, 1.82) is 0 Å². The molecule has 1 fully saturated rings. The standard InChI is InChI=1S/C23H31N3O2.HI/c1-3-24-23(25-16-13-19-9-11-20(27-2)12-10-19)26-17-14-22(15-18-26)28-21-7-5-4-6-8-21;/h4-12,22H,3,13-18H2,1-2H3,(H,24,25);1H. The van der Waals surface area contributed by atoms with E-state index in [-0.39, 0.29) is 30.1 Å². The highest BCUT2D eigenvalue weighted by atomic mass is 127. The highest BCUT2D eigenvalue weighted by Gasteiger charge is 2.22. The lowest BCUT2D eigenvalue weighted by Gasteiger charge is -2.34. The summed E-state index contributed by atoms with van der Waals surface area (Å²) in [7, 11) is 1.69. The molecule has 6 heteroatoms. The normalized spacial score (nSPS) is 14.8. The Hall–Kier alpha value is -1.96. The minimum atomic E-state index is 0. The van der Waals surface area contributed by atoms with Gasteiger partial charge in [0.15, 0.2) is 5.96 Å². The summed E-state index contributed by atoms with van der Waals surface area (Å²) < 4.78 is 11.3. The molecule has 0 atom stereocenters. The average molecular weight is 509 g/mol. The first-order valence-corrected chi connectivity index (χ1v) is 10.2. The summed E-state index contributed by atoms with van der Waals surface area (Å²) in [6, 6.07) is 18.3. The van der Waals surface area contributed by atoms with Gasteiger partial charge in [0.25, 0.3) is 0 Å². The van der Waals surface area contributed by atoms with Crippen LogP contribution in [0.25, 0.3) is 0 Å². The van der Waals surface area contributed by atoms with Gasteiger partial charge in [0.2, 0.25) is 0 Å². The molecule has 5 nitrogen and oxygen atoms in total. The van der Waals surface area contributed by atoms with E-state index in [1.54, 1.807) is 7.11 Å². The minimum absolute atomic E-state index is 0. The van der Waals surface area contributed by atoms with Gasteiger partial charge in [-0.05, 0) is 43.2 Å². The number of ether oxygens (including phenoxy) is 2. The zero-order valence-electron chi connectivity index (χ0n) is 17.3. The SMILES string of the molecule is CCNC(=NCCc1ccc(OC)cc1)N1CCC(Oc2ccccc2)CC1.I. The number of likely N-dealkylation sites (tertiary alicyclic amines) is 1. The van der Waals surface area contributed by atoms with E-state index >= 15 is 0 Å². The van der Waals surface area contributed by atoms with Crippen molar-refractivity contribution in [1.82, 2.24) is 10.2 Å². The highest BCUT2D eigenvalue weighted by molar-refractivity contribution is 14.0. The van der Waals surface area contributed by atoms with Crippen LogP contribution in [0.4, 0.5) is 0 Å².